The lowest BCUT2D eigenvalue weighted by Gasteiger charge is -2.11. The lowest BCUT2D eigenvalue weighted by molar-refractivity contribution is 0.0950. The number of benzene rings is 1. The maximum atomic E-state index is 12.1. The Balaban J connectivity index is 2.07. The Kier molecular flexibility index (Phi) is 5.16. The molecule has 6 heteroatoms. The Hall–Kier alpha value is -2.08. The normalized spacial score (nSPS) is 10.0. The lowest BCUT2D eigenvalue weighted by Crippen LogP contribution is -2.23. The molecule has 0 radical (unpaired) electrons. The van der Waals surface area contributed by atoms with Crippen LogP contribution in [0.15, 0.2) is 41.1 Å². The van der Waals surface area contributed by atoms with E-state index in [1.54, 1.807) is 32.5 Å². The highest BCUT2D eigenvalue weighted by molar-refractivity contribution is 9.10. The Bertz CT molecular complexity index is 647. The Morgan fingerprint density at radius 3 is 2.71 bits per heavy atom. The fraction of sp³-hybridized carbons (Fsp3) is 0.200. The molecule has 2 aromatic rings. The number of methoxy groups -OCH3 is 2. The van der Waals surface area contributed by atoms with Crippen molar-refractivity contribution in [2.75, 3.05) is 14.2 Å². The second-order valence-corrected chi connectivity index (χ2v) is 5.17. The molecule has 5 nitrogen and oxygen atoms in total. The van der Waals surface area contributed by atoms with Gasteiger partial charge in [-0.25, -0.2) is 0 Å². The minimum absolute atomic E-state index is 0.193. The predicted molar refractivity (Wildman–Crippen MR) is 82.7 cm³/mol. The zero-order chi connectivity index (χ0) is 15.2. The number of rotatable bonds is 5. The summed E-state index contributed by atoms with van der Waals surface area (Å²) in [4.78, 5) is 16.0. The van der Waals surface area contributed by atoms with Crippen molar-refractivity contribution in [2.45, 2.75) is 6.54 Å². The summed E-state index contributed by atoms with van der Waals surface area (Å²) in [5, 5.41) is 2.83. The van der Waals surface area contributed by atoms with Gasteiger partial charge in [0, 0.05) is 35.0 Å². The van der Waals surface area contributed by atoms with E-state index in [-0.39, 0.29) is 5.91 Å². The quantitative estimate of drug-likeness (QED) is 0.900. The van der Waals surface area contributed by atoms with Gasteiger partial charge in [-0.15, -0.1) is 0 Å². The van der Waals surface area contributed by atoms with Crippen LogP contribution >= 0.6 is 15.9 Å². The molecule has 0 bridgehead atoms. The molecule has 1 heterocycles. The summed E-state index contributed by atoms with van der Waals surface area (Å²) in [5.41, 5.74) is 1.37. The van der Waals surface area contributed by atoms with Gasteiger partial charge < -0.3 is 14.8 Å². The third-order valence-electron chi connectivity index (χ3n) is 2.90. The molecule has 0 aliphatic carbocycles. The van der Waals surface area contributed by atoms with Crippen molar-refractivity contribution >= 4 is 21.8 Å². The number of carbonyl (C=O) groups is 1. The Morgan fingerprint density at radius 1 is 1.24 bits per heavy atom. The molecule has 21 heavy (non-hydrogen) atoms. The van der Waals surface area contributed by atoms with Crippen LogP contribution in [0.4, 0.5) is 0 Å². The fourth-order valence-corrected chi connectivity index (χ4v) is 2.18. The van der Waals surface area contributed by atoms with Gasteiger partial charge >= 0.3 is 0 Å². The number of pyridine rings is 1. The zero-order valence-corrected chi connectivity index (χ0v) is 13.3. The van der Waals surface area contributed by atoms with Crippen molar-refractivity contribution in [3.05, 3.63) is 52.3 Å². The van der Waals surface area contributed by atoms with E-state index in [0.29, 0.717) is 23.6 Å². The largest absolute Gasteiger partial charge is 0.497 e. The fourth-order valence-electron chi connectivity index (χ4n) is 1.81. The first-order valence-electron chi connectivity index (χ1n) is 6.23. The summed E-state index contributed by atoms with van der Waals surface area (Å²) in [6.45, 7) is 0.360. The summed E-state index contributed by atoms with van der Waals surface area (Å²) in [5.74, 6) is 1.18. The van der Waals surface area contributed by atoms with Crippen molar-refractivity contribution in [1.29, 1.82) is 0 Å². The first-order chi connectivity index (χ1) is 10.1. The standard InChI is InChI=1S/C15H15BrN2O3/c1-20-13-4-3-10(14(6-13)21-2)8-18-15(19)11-5-12(16)9-17-7-11/h3-7,9H,8H2,1-2H3,(H,18,19). The summed E-state index contributed by atoms with van der Waals surface area (Å²) in [7, 11) is 3.18. The van der Waals surface area contributed by atoms with Crippen LogP contribution in [0.5, 0.6) is 11.5 Å². The van der Waals surface area contributed by atoms with Crippen LogP contribution < -0.4 is 14.8 Å². The molecule has 0 saturated carbocycles. The second-order valence-electron chi connectivity index (χ2n) is 4.25. The molecule has 1 aromatic carbocycles. The Morgan fingerprint density at radius 2 is 2.05 bits per heavy atom. The van der Waals surface area contributed by atoms with Crippen molar-refractivity contribution < 1.29 is 14.3 Å². The molecule has 1 aromatic heterocycles. The van der Waals surface area contributed by atoms with Crippen LogP contribution in [0.2, 0.25) is 0 Å². The van der Waals surface area contributed by atoms with Crippen molar-refractivity contribution in [3.63, 3.8) is 0 Å². The highest BCUT2D eigenvalue weighted by Crippen LogP contribution is 2.24. The SMILES string of the molecule is COc1ccc(CNC(=O)c2cncc(Br)c2)c(OC)c1. The van der Waals surface area contributed by atoms with E-state index in [4.69, 9.17) is 9.47 Å². The molecule has 2 rings (SSSR count). The number of amides is 1. The molecule has 0 aliphatic rings. The number of nitrogens with zero attached hydrogens (tertiary/aromatic N) is 1. The van der Waals surface area contributed by atoms with E-state index in [1.165, 1.54) is 6.20 Å². The minimum atomic E-state index is -0.193. The molecule has 0 aliphatic heterocycles. The van der Waals surface area contributed by atoms with Gasteiger partial charge in [0.15, 0.2) is 0 Å². The maximum absolute atomic E-state index is 12.1. The molecule has 0 spiro atoms. The average Bonchev–Trinajstić information content (AvgIpc) is 2.52. The Labute approximate surface area is 131 Å². The van der Waals surface area contributed by atoms with E-state index in [9.17, 15) is 4.79 Å². The predicted octanol–water partition coefficient (Wildman–Crippen LogP) is 2.79. The number of halogens is 1. The van der Waals surface area contributed by atoms with E-state index in [1.807, 2.05) is 12.1 Å². The van der Waals surface area contributed by atoms with Gasteiger partial charge in [-0.3, -0.25) is 9.78 Å². The van der Waals surface area contributed by atoms with Crippen molar-refractivity contribution in [2.24, 2.45) is 0 Å². The first kappa shape index (κ1) is 15.3. The van der Waals surface area contributed by atoms with Gasteiger partial charge in [-0.2, -0.15) is 0 Å². The summed E-state index contributed by atoms with van der Waals surface area (Å²) >= 11 is 3.29. The monoisotopic (exact) mass is 350 g/mol. The van der Waals surface area contributed by atoms with Gasteiger partial charge in [0.25, 0.3) is 5.91 Å². The van der Waals surface area contributed by atoms with Gasteiger partial charge in [0.2, 0.25) is 0 Å². The number of carbonyl (C=O) groups excluding carboxylic acids is 1. The van der Waals surface area contributed by atoms with E-state index >= 15 is 0 Å². The molecule has 0 fully saturated rings. The van der Waals surface area contributed by atoms with Crippen LogP contribution in [-0.2, 0) is 6.54 Å². The average molecular weight is 351 g/mol. The number of hydrogen-bond donors (Lipinski definition) is 1. The molecule has 110 valence electrons. The maximum Gasteiger partial charge on any atom is 0.253 e. The van der Waals surface area contributed by atoms with Crippen molar-refractivity contribution in [3.8, 4) is 11.5 Å². The number of aromatic nitrogens is 1. The van der Waals surface area contributed by atoms with E-state index in [2.05, 4.69) is 26.2 Å². The summed E-state index contributed by atoms with van der Waals surface area (Å²) in [6.07, 6.45) is 3.15. The molecule has 0 unspecified atom stereocenters. The first-order valence-corrected chi connectivity index (χ1v) is 7.03. The van der Waals surface area contributed by atoms with Gasteiger partial charge in [0.05, 0.1) is 19.8 Å². The summed E-state index contributed by atoms with van der Waals surface area (Å²) < 4.78 is 11.2. The molecule has 0 atom stereocenters. The highest BCUT2D eigenvalue weighted by Gasteiger charge is 2.09. The minimum Gasteiger partial charge on any atom is -0.497 e. The van der Waals surface area contributed by atoms with Crippen LogP contribution in [0.3, 0.4) is 0 Å². The topological polar surface area (TPSA) is 60.5 Å². The van der Waals surface area contributed by atoms with Crippen LogP contribution in [0, 0.1) is 0 Å². The zero-order valence-electron chi connectivity index (χ0n) is 11.7. The number of nitrogens with one attached hydrogen (secondary N) is 1. The van der Waals surface area contributed by atoms with Crippen LogP contribution in [0.1, 0.15) is 15.9 Å². The van der Waals surface area contributed by atoms with Crippen LogP contribution in [-0.4, -0.2) is 25.1 Å². The molecular formula is C15H15BrN2O3. The van der Waals surface area contributed by atoms with Gasteiger partial charge in [-0.05, 0) is 34.1 Å². The van der Waals surface area contributed by atoms with E-state index in [0.717, 1.165) is 10.0 Å². The smallest absolute Gasteiger partial charge is 0.253 e. The molecule has 1 amide bonds. The number of hydrogen-bond acceptors (Lipinski definition) is 4. The van der Waals surface area contributed by atoms with Gasteiger partial charge in [-0.1, -0.05) is 0 Å². The van der Waals surface area contributed by atoms with Crippen LogP contribution in [0.25, 0.3) is 0 Å². The lowest BCUT2D eigenvalue weighted by atomic mass is 10.2. The number of ether oxygens (including phenoxy) is 2. The third kappa shape index (κ3) is 3.95. The van der Waals surface area contributed by atoms with E-state index < -0.39 is 0 Å². The molecular weight excluding hydrogens is 336 g/mol. The van der Waals surface area contributed by atoms with Crippen molar-refractivity contribution in [1.82, 2.24) is 10.3 Å². The van der Waals surface area contributed by atoms with Gasteiger partial charge in [0.1, 0.15) is 11.5 Å². The molecule has 0 saturated heterocycles. The summed E-state index contributed by atoms with van der Waals surface area (Å²) in [6, 6.07) is 7.18. The second kappa shape index (κ2) is 7.08. The third-order valence-corrected chi connectivity index (χ3v) is 3.33. The highest BCUT2D eigenvalue weighted by atomic mass is 79.9. The molecule has 1 N–H and O–H groups in total.